The SMILES string of the molecule is CCOC1CC(NCC(O)c2cccnc2)C12CCCC2. The lowest BCUT2D eigenvalue weighted by Gasteiger charge is -2.54. The predicted molar refractivity (Wildman–Crippen MR) is 81.9 cm³/mol. The molecule has 2 N–H and O–H groups in total. The van der Waals surface area contributed by atoms with E-state index in [2.05, 4.69) is 17.2 Å². The lowest BCUT2D eigenvalue weighted by molar-refractivity contribution is -0.131. The molecule has 1 heterocycles. The number of aromatic nitrogens is 1. The number of aliphatic hydroxyl groups is 1. The molecule has 0 aliphatic heterocycles. The maximum Gasteiger partial charge on any atom is 0.0929 e. The van der Waals surface area contributed by atoms with Gasteiger partial charge in [0.25, 0.3) is 0 Å². The van der Waals surface area contributed by atoms with Gasteiger partial charge in [0.2, 0.25) is 0 Å². The van der Waals surface area contributed by atoms with Crippen LogP contribution in [0.2, 0.25) is 0 Å². The van der Waals surface area contributed by atoms with Crippen LogP contribution in [-0.4, -0.2) is 35.4 Å². The van der Waals surface area contributed by atoms with E-state index in [1.54, 1.807) is 12.4 Å². The molecule has 3 atom stereocenters. The molecule has 21 heavy (non-hydrogen) atoms. The first-order chi connectivity index (χ1) is 10.3. The van der Waals surface area contributed by atoms with Gasteiger partial charge in [-0.25, -0.2) is 0 Å². The number of pyridine rings is 1. The maximum absolute atomic E-state index is 10.3. The minimum Gasteiger partial charge on any atom is -0.387 e. The second-order valence-corrected chi connectivity index (χ2v) is 6.38. The van der Waals surface area contributed by atoms with Crippen LogP contribution in [0.4, 0.5) is 0 Å². The number of hydrogen-bond donors (Lipinski definition) is 2. The lowest BCUT2D eigenvalue weighted by atomic mass is 9.60. The molecule has 2 fully saturated rings. The molecule has 0 amide bonds. The highest BCUT2D eigenvalue weighted by molar-refractivity contribution is 5.14. The largest absolute Gasteiger partial charge is 0.387 e. The molecule has 0 bridgehead atoms. The summed E-state index contributed by atoms with van der Waals surface area (Å²) >= 11 is 0. The zero-order valence-corrected chi connectivity index (χ0v) is 12.8. The fraction of sp³-hybridized carbons (Fsp3) is 0.706. The van der Waals surface area contributed by atoms with Crippen molar-refractivity contribution in [1.29, 1.82) is 0 Å². The Bertz CT molecular complexity index is 445. The second-order valence-electron chi connectivity index (χ2n) is 6.38. The average molecular weight is 290 g/mol. The summed E-state index contributed by atoms with van der Waals surface area (Å²) in [5, 5.41) is 13.8. The number of nitrogens with zero attached hydrogens (tertiary/aromatic N) is 1. The molecule has 4 nitrogen and oxygen atoms in total. The Kier molecular flexibility index (Phi) is 4.57. The zero-order chi connectivity index (χ0) is 14.7. The summed E-state index contributed by atoms with van der Waals surface area (Å²) in [4.78, 5) is 4.07. The molecule has 1 spiro atoms. The van der Waals surface area contributed by atoms with Crippen LogP contribution in [0.15, 0.2) is 24.5 Å². The molecule has 2 saturated carbocycles. The summed E-state index contributed by atoms with van der Waals surface area (Å²) < 4.78 is 5.92. The Hall–Kier alpha value is -0.970. The molecule has 2 aliphatic carbocycles. The van der Waals surface area contributed by atoms with E-state index in [0.717, 1.165) is 18.6 Å². The van der Waals surface area contributed by atoms with Crippen molar-refractivity contribution < 1.29 is 9.84 Å². The van der Waals surface area contributed by atoms with Gasteiger partial charge in [-0.05, 0) is 32.3 Å². The van der Waals surface area contributed by atoms with E-state index < -0.39 is 6.10 Å². The summed E-state index contributed by atoms with van der Waals surface area (Å²) in [5.74, 6) is 0. The number of ether oxygens (including phenoxy) is 1. The van der Waals surface area contributed by atoms with Crippen molar-refractivity contribution in [2.75, 3.05) is 13.2 Å². The molecule has 0 saturated heterocycles. The van der Waals surface area contributed by atoms with Gasteiger partial charge >= 0.3 is 0 Å². The van der Waals surface area contributed by atoms with E-state index in [1.165, 1.54) is 25.7 Å². The van der Waals surface area contributed by atoms with Crippen LogP contribution in [-0.2, 0) is 4.74 Å². The van der Waals surface area contributed by atoms with Gasteiger partial charge in [-0.1, -0.05) is 18.9 Å². The van der Waals surface area contributed by atoms with Crippen molar-refractivity contribution in [3.63, 3.8) is 0 Å². The van der Waals surface area contributed by atoms with Crippen molar-refractivity contribution in [1.82, 2.24) is 10.3 Å². The maximum atomic E-state index is 10.3. The van der Waals surface area contributed by atoms with Crippen molar-refractivity contribution in [3.8, 4) is 0 Å². The molecule has 116 valence electrons. The molecule has 1 aromatic heterocycles. The second kappa shape index (κ2) is 6.42. The Morgan fingerprint density at radius 2 is 2.29 bits per heavy atom. The molecular formula is C17H26N2O2. The van der Waals surface area contributed by atoms with Gasteiger partial charge in [0.05, 0.1) is 12.2 Å². The van der Waals surface area contributed by atoms with Crippen molar-refractivity contribution in [2.24, 2.45) is 5.41 Å². The number of hydrogen-bond acceptors (Lipinski definition) is 4. The topological polar surface area (TPSA) is 54.4 Å². The van der Waals surface area contributed by atoms with Gasteiger partial charge in [0.1, 0.15) is 0 Å². The van der Waals surface area contributed by atoms with Crippen LogP contribution >= 0.6 is 0 Å². The third kappa shape index (κ3) is 2.85. The van der Waals surface area contributed by atoms with E-state index in [0.29, 0.717) is 24.1 Å². The molecule has 3 rings (SSSR count). The first kappa shape index (κ1) is 14.9. The summed E-state index contributed by atoms with van der Waals surface area (Å²) in [5.41, 5.74) is 1.20. The monoisotopic (exact) mass is 290 g/mol. The van der Waals surface area contributed by atoms with Gasteiger partial charge in [-0.3, -0.25) is 4.98 Å². The summed E-state index contributed by atoms with van der Waals surface area (Å²) in [6.45, 7) is 3.48. The zero-order valence-electron chi connectivity index (χ0n) is 12.8. The predicted octanol–water partition coefficient (Wildman–Crippen LogP) is 2.44. The van der Waals surface area contributed by atoms with Crippen LogP contribution in [0.3, 0.4) is 0 Å². The fourth-order valence-electron chi connectivity index (χ4n) is 4.12. The van der Waals surface area contributed by atoms with Crippen LogP contribution in [0.5, 0.6) is 0 Å². The minimum atomic E-state index is -0.483. The van der Waals surface area contributed by atoms with Crippen LogP contribution in [0, 0.1) is 5.41 Å². The summed E-state index contributed by atoms with van der Waals surface area (Å²) in [6, 6.07) is 4.28. The van der Waals surface area contributed by atoms with Crippen molar-refractivity contribution in [3.05, 3.63) is 30.1 Å². The van der Waals surface area contributed by atoms with E-state index in [9.17, 15) is 5.11 Å². The van der Waals surface area contributed by atoms with E-state index in [4.69, 9.17) is 4.74 Å². The first-order valence-corrected chi connectivity index (χ1v) is 8.19. The molecule has 3 unspecified atom stereocenters. The van der Waals surface area contributed by atoms with Gasteiger partial charge in [-0.2, -0.15) is 0 Å². The van der Waals surface area contributed by atoms with Gasteiger partial charge in [-0.15, -0.1) is 0 Å². The Balaban J connectivity index is 1.56. The normalized spacial score (nSPS) is 28.5. The molecule has 0 radical (unpaired) electrons. The van der Waals surface area contributed by atoms with E-state index in [-0.39, 0.29) is 0 Å². The summed E-state index contributed by atoms with van der Waals surface area (Å²) in [6.07, 6.45) is 9.63. The van der Waals surface area contributed by atoms with Gasteiger partial charge in [0.15, 0.2) is 0 Å². The highest BCUT2D eigenvalue weighted by atomic mass is 16.5. The lowest BCUT2D eigenvalue weighted by Crippen LogP contribution is -2.63. The molecule has 2 aliphatic rings. The Morgan fingerprint density at radius 3 is 2.95 bits per heavy atom. The first-order valence-electron chi connectivity index (χ1n) is 8.19. The third-order valence-corrected chi connectivity index (χ3v) is 5.31. The van der Waals surface area contributed by atoms with Crippen molar-refractivity contribution >= 4 is 0 Å². The smallest absolute Gasteiger partial charge is 0.0929 e. The van der Waals surface area contributed by atoms with Crippen LogP contribution < -0.4 is 5.32 Å². The molecule has 0 aromatic carbocycles. The molecule has 1 aromatic rings. The summed E-state index contributed by atoms with van der Waals surface area (Å²) in [7, 11) is 0. The van der Waals surface area contributed by atoms with Gasteiger partial charge < -0.3 is 15.2 Å². The van der Waals surface area contributed by atoms with Crippen LogP contribution in [0.1, 0.15) is 50.7 Å². The average Bonchev–Trinajstić information content (AvgIpc) is 3.03. The highest BCUT2D eigenvalue weighted by Gasteiger charge is 2.56. The minimum absolute atomic E-state index is 0.324. The van der Waals surface area contributed by atoms with Crippen molar-refractivity contribution in [2.45, 2.75) is 57.3 Å². The Morgan fingerprint density at radius 1 is 1.48 bits per heavy atom. The third-order valence-electron chi connectivity index (χ3n) is 5.31. The quantitative estimate of drug-likeness (QED) is 0.845. The highest BCUT2D eigenvalue weighted by Crippen LogP contribution is 2.54. The van der Waals surface area contributed by atoms with Gasteiger partial charge in [0, 0.05) is 42.6 Å². The molecule has 4 heteroatoms. The Labute approximate surface area is 126 Å². The number of aliphatic hydroxyl groups excluding tert-OH is 1. The number of rotatable bonds is 6. The number of nitrogens with one attached hydrogen (secondary N) is 1. The van der Waals surface area contributed by atoms with Crippen LogP contribution in [0.25, 0.3) is 0 Å². The standard InChI is InChI=1S/C17H26N2O2/c1-2-21-16-10-15(17(16)7-3-4-8-17)19-12-14(20)13-6-5-9-18-11-13/h5-6,9,11,14-16,19-20H,2-4,7-8,10,12H2,1H3. The van der Waals surface area contributed by atoms with E-state index >= 15 is 0 Å². The fourth-order valence-corrected chi connectivity index (χ4v) is 4.12. The molecular weight excluding hydrogens is 264 g/mol. The van der Waals surface area contributed by atoms with E-state index in [1.807, 2.05) is 12.1 Å².